The highest BCUT2D eigenvalue weighted by atomic mass is 16.3. The molecule has 3 aromatic carbocycles. The van der Waals surface area contributed by atoms with Gasteiger partial charge in [0.15, 0.2) is 5.43 Å². The van der Waals surface area contributed by atoms with Gasteiger partial charge in [-0.3, -0.25) is 4.79 Å². The van der Waals surface area contributed by atoms with Crippen LogP contribution in [0.3, 0.4) is 0 Å². The van der Waals surface area contributed by atoms with Crippen LogP contribution in [0.4, 0.5) is 5.69 Å². The summed E-state index contributed by atoms with van der Waals surface area (Å²) in [4.78, 5) is 13.4. The van der Waals surface area contributed by atoms with E-state index in [0.29, 0.717) is 39.2 Å². The van der Waals surface area contributed by atoms with Gasteiger partial charge in [-0.1, -0.05) is 30.3 Å². The third-order valence-electron chi connectivity index (χ3n) is 6.00. The zero-order chi connectivity index (χ0) is 24.5. The minimum atomic E-state index is -0.213. The molecule has 8 heteroatoms. The molecular weight excluding hydrogens is 440 g/mol. The molecule has 2 N–H and O–H groups in total. The van der Waals surface area contributed by atoms with Gasteiger partial charge in [0.1, 0.15) is 11.3 Å². The summed E-state index contributed by atoms with van der Waals surface area (Å²) < 4.78 is 6.42. The van der Waals surface area contributed by atoms with E-state index in [1.807, 2.05) is 56.3 Å². The van der Waals surface area contributed by atoms with E-state index in [1.54, 1.807) is 25.1 Å². The number of nitriles is 1. The quantitative estimate of drug-likeness (QED) is 0.363. The second-order valence-electron chi connectivity index (χ2n) is 8.46. The van der Waals surface area contributed by atoms with Crippen LogP contribution >= 0.6 is 0 Å². The number of benzene rings is 3. The van der Waals surface area contributed by atoms with Crippen molar-refractivity contribution in [2.75, 3.05) is 5.32 Å². The molecule has 0 saturated heterocycles. The Balaban J connectivity index is 1.65. The zero-order valence-corrected chi connectivity index (χ0v) is 19.5. The molecule has 0 aliphatic rings. The predicted octanol–water partition coefficient (Wildman–Crippen LogP) is 5.30. The lowest BCUT2D eigenvalue weighted by molar-refractivity contribution is 0.605. The van der Waals surface area contributed by atoms with Gasteiger partial charge in [0.2, 0.25) is 5.82 Å². The number of aromatic nitrogens is 4. The van der Waals surface area contributed by atoms with Crippen molar-refractivity contribution < 1.29 is 4.42 Å². The summed E-state index contributed by atoms with van der Waals surface area (Å²) >= 11 is 0. The summed E-state index contributed by atoms with van der Waals surface area (Å²) in [6.45, 7) is 5.73. The van der Waals surface area contributed by atoms with Crippen molar-refractivity contribution in [2.24, 2.45) is 0 Å². The van der Waals surface area contributed by atoms with Crippen LogP contribution < -0.4 is 10.7 Å². The van der Waals surface area contributed by atoms with Crippen LogP contribution in [0.1, 0.15) is 35.2 Å². The lowest BCUT2D eigenvalue weighted by Gasteiger charge is -2.20. The number of fused-ring (bicyclic) bond motifs is 1. The molecule has 5 aromatic rings. The van der Waals surface area contributed by atoms with Gasteiger partial charge in [-0.05, 0) is 61.9 Å². The van der Waals surface area contributed by atoms with E-state index in [1.165, 1.54) is 0 Å². The Labute approximate surface area is 201 Å². The van der Waals surface area contributed by atoms with Crippen LogP contribution in [0.25, 0.3) is 33.7 Å². The molecule has 0 bridgehead atoms. The Bertz CT molecular complexity index is 1650. The standard InChI is InChI=1S/C27H22N6O2/c1-15-11-21(17(3)29-23-10-5-4-9-20(23)27-30-32-33-31-27)26-22(12-15)24(34)16(2)25(35-26)19-8-6-7-18(13-19)14-28/h4-13,17,29H,1-3H3,(H,30,31,32,33). The minimum absolute atomic E-state index is 0.0899. The van der Waals surface area contributed by atoms with Crippen LogP contribution in [-0.2, 0) is 0 Å². The van der Waals surface area contributed by atoms with Gasteiger partial charge in [-0.2, -0.15) is 10.5 Å². The van der Waals surface area contributed by atoms with Gasteiger partial charge in [0.05, 0.1) is 23.1 Å². The molecule has 0 aliphatic carbocycles. The van der Waals surface area contributed by atoms with Crippen molar-refractivity contribution in [1.82, 2.24) is 20.6 Å². The van der Waals surface area contributed by atoms with E-state index in [9.17, 15) is 10.1 Å². The molecule has 0 saturated carbocycles. The molecule has 35 heavy (non-hydrogen) atoms. The van der Waals surface area contributed by atoms with Gasteiger partial charge in [0.25, 0.3) is 0 Å². The van der Waals surface area contributed by atoms with Gasteiger partial charge in [0, 0.05) is 27.9 Å². The van der Waals surface area contributed by atoms with Gasteiger partial charge in [-0.15, -0.1) is 10.2 Å². The third-order valence-corrected chi connectivity index (χ3v) is 6.00. The molecule has 1 atom stereocenters. The molecule has 2 aromatic heterocycles. The van der Waals surface area contributed by atoms with Crippen molar-refractivity contribution in [3.63, 3.8) is 0 Å². The maximum Gasteiger partial charge on any atom is 0.206 e. The second kappa shape index (κ2) is 8.88. The average Bonchev–Trinajstić information content (AvgIpc) is 3.41. The number of rotatable bonds is 5. The Kier molecular flexibility index (Phi) is 5.59. The molecule has 0 aliphatic heterocycles. The largest absolute Gasteiger partial charge is 0.455 e. The highest BCUT2D eigenvalue weighted by molar-refractivity contribution is 5.85. The van der Waals surface area contributed by atoms with Crippen LogP contribution in [0.5, 0.6) is 0 Å². The number of aryl methyl sites for hydroxylation is 1. The first kappa shape index (κ1) is 22.0. The first-order valence-corrected chi connectivity index (χ1v) is 11.1. The monoisotopic (exact) mass is 462 g/mol. The third kappa shape index (κ3) is 4.04. The number of aromatic amines is 1. The summed E-state index contributed by atoms with van der Waals surface area (Å²) in [6.07, 6.45) is 0. The molecule has 0 amide bonds. The van der Waals surface area contributed by atoms with E-state index < -0.39 is 0 Å². The molecule has 5 rings (SSSR count). The fourth-order valence-electron chi connectivity index (χ4n) is 4.29. The number of nitrogens with zero attached hydrogens (tertiary/aromatic N) is 4. The van der Waals surface area contributed by atoms with Crippen molar-refractivity contribution in [2.45, 2.75) is 26.8 Å². The van der Waals surface area contributed by atoms with Crippen molar-refractivity contribution >= 4 is 16.7 Å². The first-order chi connectivity index (χ1) is 17.0. The maximum atomic E-state index is 13.4. The summed E-state index contributed by atoms with van der Waals surface area (Å²) in [6, 6.07) is 20.6. The normalized spacial score (nSPS) is 11.8. The van der Waals surface area contributed by atoms with Crippen LogP contribution in [0.2, 0.25) is 0 Å². The fraction of sp³-hybridized carbons (Fsp3) is 0.148. The maximum absolute atomic E-state index is 13.4. The van der Waals surface area contributed by atoms with E-state index in [4.69, 9.17) is 4.42 Å². The predicted molar refractivity (Wildman–Crippen MR) is 134 cm³/mol. The molecule has 1 unspecified atom stereocenters. The topological polar surface area (TPSA) is 120 Å². The summed E-state index contributed by atoms with van der Waals surface area (Å²) in [5, 5.41) is 27.7. The fourth-order valence-corrected chi connectivity index (χ4v) is 4.29. The van der Waals surface area contributed by atoms with Gasteiger partial charge in [-0.25, -0.2) is 0 Å². The highest BCUT2D eigenvalue weighted by Crippen LogP contribution is 2.34. The highest BCUT2D eigenvalue weighted by Gasteiger charge is 2.20. The molecule has 0 radical (unpaired) electrons. The molecule has 2 heterocycles. The van der Waals surface area contributed by atoms with Crippen LogP contribution in [0, 0.1) is 25.2 Å². The summed E-state index contributed by atoms with van der Waals surface area (Å²) in [7, 11) is 0. The smallest absolute Gasteiger partial charge is 0.206 e. The van der Waals surface area contributed by atoms with Crippen molar-refractivity contribution in [3.05, 3.63) is 93.1 Å². The van der Waals surface area contributed by atoms with Gasteiger partial charge >= 0.3 is 0 Å². The molecule has 0 fully saturated rings. The molecular formula is C27H22N6O2. The molecule has 172 valence electrons. The Morgan fingerprint density at radius 2 is 1.91 bits per heavy atom. The average molecular weight is 463 g/mol. The Hall–Kier alpha value is -4.77. The Morgan fingerprint density at radius 3 is 2.69 bits per heavy atom. The number of para-hydroxylation sites is 1. The van der Waals surface area contributed by atoms with E-state index in [2.05, 4.69) is 32.0 Å². The lowest BCUT2D eigenvalue weighted by atomic mass is 9.98. The Morgan fingerprint density at radius 1 is 1.09 bits per heavy atom. The number of anilines is 1. The van der Waals surface area contributed by atoms with Crippen LogP contribution in [0.15, 0.2) is 69.9 Å². The lowest BCUT2D eigenvalue weighted by Crippen LogP contribution is -2.13. The first-order valence-electron chi connectivity index (χ1n) is 11.1. The number of nitrogens with one attached hydrogen (secondary N) is 2. The number of H-pyrrole nitrogens is 1. The number of tetrazole rings is 1. The number of hydrogen-bond donors (Lipinski definition) is 2. The van der Waals surface area contributed by atoms with E-state index in [-0.39, 0.29) is 11.5 Å². The van der Waals surface area contributed by atoms with E-state index >= 15 is 0 Å². The zero-order valence-electron chi connectivity index (χ0n) is 19.5. The SMILES string of the molecule is Cc1cc(C(C)Nc2ccccc2-c2nn[nH]n2)c2oc(-c3cccc(C#N)c3)c(C)c(=O)c2c1. The second-order valence-corrected chi connectivity index (χ2v) is 8.46. The summed E-state index contributed by atoms with van der Waals surface area (Å²) in [5.74, 6) is 0.945. The van der Waals surface area contributed by atoms with Crippen molar-refractivity contribution in [1.29, 1.82) is 5.26 Å². The summed E-state index contributed by atoms with van der Waals surface area (Å²) in [5.41, 5.74) is 5.55. The number of hydrogen-bond acceptors (Lipinski definition) is 7. The molecule has 0 spiro atoms. The van der Waals surface area contributed by atoms with Crippen LogP contribution in [-0.4, -0.2) is 20.6 Å². The van der Waals surface area contributed by atoms with E-state index in [0.717, 1.165) is 22.4 Å². The minimum Gasteiger partial charge on any atom is -0.455 e. The van der Waals surface area contributed by atoms with Crippen molar-refractivity contribution in [3.8, 4) is 28.8 Å². The van der Waals surface area contributed by atoms with Gasteiger partial charge < -0.3 is 9.73 Å². The molecule has 8 nitrogen and oxygen atoms in total.